The number of thiazole rings is 1. The van der Waals surface area contributed by atoms with Crippen molar-refractivity contribution in [2.24, 2.45) is 11.3 Å². The number of methoxy groups -OCH3 is 1. The number of carbonyl (C=O) groups excluding carboxylic acids is 3. The Labute approximate surface area is 303 Å². The van der Waals surface area contributed by atoms with Gasteiger partial charge in [-0.25, -0.2) is 18.4 Å². The number of nitrogens with one attached hydrogen (secondary N) is 1. The van der Waals surface area contributed by atoms with Crippen molar-refractivity contribution in [2.75, 3.05) is 13.7 Å². The standard InChI is InChI=1S/C38H46N4O7S2/c1-23(2)31-22-50-36(40-31)30-18-34(28-15-12-25(48-3)16-29(28)39-30)49-26-17-32-33(43)20-38(37(45)41-51(46,47)27-13-14-27)19-24(38)10-8-6-4-5-7-9-11-35(44)42(32)21-26/h8,10,12,15-16,18,22-24,26-27,32H,4-7,9,11,13-14,17,19-21H2,1-3H3,(H,41,45)/b10-8-/t24-,26+,32-,38+/m0/s1. The number of sulfonamides is 1. The van der Waals surface area contributed by atoms with Crippen molar-refractivity contribution >= 4 is 49.9 Å². The topological polar surface area (TPSA) is 145 Å². The molecule has 2 aromatic heterocycles. The van der Waals surface area contributed by atoms with E-state index < -0.39 is 38.7 Å². The van der Waals surface area contributed by atoms with E-state index in [2.05, 4.69) is 18.6 Å². The fourth-order valence-electron chi connectivity index (χ4n) is 7.37. The number of aromatic nitrogens is 2. The van der Waals surface area contributed by atoms with E-state index in [1.165, 1.54) is 11.3 Å². The zero-order valence-electron chi connectivity index (χ0n) is 29.4. The predicted molar refractivity (Wildman–Crippen MR) is 195 cm³/mol. The zero-order valence-corrected chi connectivity index (χ0v) is 31.1. The fourth-order valence-corrected chi connectivity index (χ4v) is 9.70. The van der Waals surface area contributed by atoms with E-state index >= 15 is 0 Å². The van der Waals surface area contributed by atoms with Gasteiger partial charge in [0, 0.05) is 42.2 Å². The van der Waals surface area contributed by atoms with E-state index in [9.17, 15) is 22.8 Å². The second kappa shape index (κ2) is 14.3. The Hall–Kier alpha value is -3.84. The van der Waals surface area contributed by atoms with Crippen molar-refractivity contribution in [1.82, 2.24) is 19.6 Å². The van der Waals surface area contributed by atoms with Crippen molar-refractivity contribution in [3.8, 4) is 22.2 Å². The Kier molecular flexibility index (Phi) is 9.96. The van der Waals surface area contributed by atoms with Gasteiger partial charge in [0.15, 0.2) is 5.78 Å². The molecule has 51 heavy (non-hydrogen) atoms. The number of carbonyl (C=O) groups is 3. The molecule has 13 heteroatoms. The molecular formula is C38H46N4O7S2. The molecule has 0 bridgehead atoms. The van der Waals surface area contributed by atoms with Crippen LogP contribution in [0.15, 0.2) is 41.8 Å². The summed E-state index contributed by atoms with van der Waals surface area (Å²) in [5.74, 6) is 0.287. The number of nitrogens with zero attached hydrogens (tertiary/aromatic N) is 3. The van der Waals surface area contributed by atoms with Crippen LogP contribution in [-0.4, -0.2) is 71.9 Å². The number of amides is 2. The van der Waals surface area contributed by atoms with Crippen LogP contribution in [0.25, 0.3) is 21.6 Å². The van der Waals surface area contributed by atoms with E-state index in [-0.39, 0.29) is 42.9 Å². The van der Waals surface area contributed by atoms with E-state index in [0.717, 1.165) is 48.2 Å². The summed E-state index contributed by atoms with van der Waals surface area (Å²) in [5.41, 5.74) is 1.16. The van der Waals surface area contributed by atoms with Crippen LogP contribution in [0, 0.1) is 11.3 Å². The van der Waals surface area contributed by atoms with Crippen LogP contribution < -0.4 is 14.2 Å². The van der Waals surface area contributed by atoms with Crippen LogP contribution >= 0.6 is 11.3 Å². The Morgan fingerprint density at radius 1 is 1.10 bits per heavy atom. The molecule has 2 aliphatic heterocycles. The lowest BCUT2D eigenvalue weighted by atomic mass is 9.91. The first-order valence-corrected chi connectivity index (χ1v) is 20.6. The molecule has 0 unspecified atom stereocenters. The Balaban J connectivity index is 1.18. The molecule has 3 aromatic rings. The van der Waals surface area contributed by atoms with Gasteiger partial charge in [-0.2, -0.15) is 0 Å². The molecule has 4 atom stereocenters. The van der Waals surface area contributed by atoms with Crippen molar-refractivity contribution in [1.29, 1.82) is 0 Å². The number of pyridine rings is 1. The molecule has 2 saturated carbocycles. The smallest absolute Gasteiger partial charge is 0.240 e. The first kappa shape index (κ1) is 35.6. The SMILES string of the molecule is COc1ccc2c(O[C@@H]3C[C@H]4C(=O)C[C@]5(C(=O)NS(=O)(=O)C6CC6)C[C@@H]5/C=C\CCCCCCC(=O)N4C3)cc(-c3nc(C(C)C)cs3)nc2c1. The largest absolute Gasteiger partial charge is 0.497 e. The zero-order chi connectivity index (χ0) is 35.9. The highest BCUT2D eigenvalue weighted by atomic mass is 32.2. The minimum absolute atomic E-state index is 0.108. The van der Waals surface area contributed by atoms with Crippen LogP contribution in [0.5, 0.6) is 11.5 Å². The molecule has 2 aliphatic carbocycles. The Bertz CT molecular complexity index is 1970. The third-order valence-corrected chi connectivity index (χ3v) is 13.4. The third-order valence-electron chi connectivity index (χ3n) is 10.7. The van der Waals surface area contributed by atoms with E-state index in [1.54, 1.807) is 12.0 Å². The minimum atomic E-state index is -3.79. The van der Waals surface area contributed by atoms with Gasteiger partial charge in [-0.1, -0.05) is 38.8 Å². The molecule has 1 saturated heterocycles. The maximum absolute atomic E-state index is 14.3. The highest BCUT2D eigenvalue weighted by molar-refractivity contribution is 7.90. The fraction of sp³-hybridized carbons (Fsp3) is 0.553. The number of rotatable bonds is 8. The van der Waals surface area contributed by atoms with Crippen LogP contribution in [-0.2, 0) is 24.4 Å². The van der Waals surface area contributed by atoms with Gasteiger partial charge in [-0.15, -0.1) is 11.3 Å². The second-order valence-electron chi connectivity index (χ2n) is 14.8. The summed E-state index contributed by atoms with van der Waals surface area (Å²) < 4.78 is 40.1. The summed E-state index contributed by atoms with van der Waals surface area (Å²) in [5, 5.41) is 3.01. The molecule has 4 aliphatic rings. The number of ketones is 1. The van der Waals surface area contributed by atoms with Gasteiger partial charge in [0.05, 0.1) is 41.6 Å². The molecule has 1 N–H and O–H groups in total. The summed E-state index contributed by atoms with van der Waals surface area (Å²) >= 11 is 1.52. The molecule has 7 rings (SSSR count). The maximum Gasteiger partial charge on any atom is 0.240 e. The second-order valence-corrected chi connectivity index (χ2v) is 17.6. The van der Waals surface area contributed by atoms with Crippen molar-refractivity contribution < 1.29 is 32.3 Å². The number of Topliss-reactive ketones (excluding diaryl/α,β-unsaturated/α-hetero) is 1. The highest BCUT2D eigenvalue weighted by Gasteiger charge is 2.61. The number of ether oxygens (including phenoxy) is 2. The van der Waals surface area contributed by atoms with Gasteiger partial charge in [-0.05, 0) is 62.5 Å². The van der Waals surface area contributed by atoms with E-state index in [0.29, 0.717) is 48.4 Å². The lowest BCUT2D eigenvalue weighted by Crippen LogP contribution is -2.44. The highest BCUT2D eigenvalue weighted by Crippen LogP contribution is 2.57. The molecule has 0 spiro atoms. The van der Waals surface area contributed by atoms with Crippen LogP contribution in [0.2, 0.25) is 0 Å². The van der Waals surface area contributed by atoms with Crippen molar-refractivity contribution in [3.63, 3.8) is 0 Å². The maximum atomic E-state index is 14.3. The van der Waals surface area contributed by atoms with Gasteiger partial charge in [0.1, 0.15) is 28.3 Å². The summed E-state index contributed by atoms with van der Waals surface area (Å²) in [4.78, 5) is 53.1. The first-order chi connectivity index (χ1) is 24.5. The summed E-state index contributed by atoms with van der Waals surface area (Å²) in [6.45, 7) is 4.41. The average molecular weight is 735 g/mol. The van der Waals surface area contributed by atoms with Gasteiger partial charge in [0.2, 0.25) is 21.8 Å². The van der Waals surface area contributed by atoms with Crippen molar-refractivity contribution in [3.05, 3.63) is 47.5 Å². The van der Waals surface area contributed by atoms with Gasteiger partial charge in [-0.3, -0.25) is 19.1 Å². The molecule has 3 fully saturated rings. The number of benzene rings is 1. The number of allylic oxidation sites excluding steroid dienone is 2. The molecule has 1 aromatic carbocycles. The lowest BCUT2D eigenvalue weighted by molar-refractivity contribution is -0.139. The molecule has 272 valence electrons. The average Bonchev–Trinajstić information content (AvgIpc) is 3.97. The molecule has 0 radical (unpaired) electrons. The lowest BCUT2D eigenvalue weighted by Gasteiger charge is -2.25. The summed E-state index contributed by atoms with van der Waals surface area (Å²) in [6, 6.07) is 6.67. The normalized spacial score (nSPS) is 26.6. The number of fused-ring (bicyclic) bond motifs is 3. The van der Waals surface area contributed by atoms with Gasteiger partial charge < -0.3 is 14.4 Å². The quantitative estimate of drug-likeness (QED) is 0.263. The van der Waals surface area contributed by atoms with Gasteiger partial charge in [0.25, 0.3) is 0 Å². The minimum Gasteiger partial charge on any atom is -0.497 e. The predicted octanol–water partition coefficient (Wildman–Crippen LogP) is 6.32. The van der Waals surface area contributed by atoms with Crippen LogP contribution in [0.3, 0.4) is 0 Å². The third kappa shape index (κ3) is 7.55. The Morgan fingerprint density at radius 2 is 1.90 bits per heavy atom. The summed E-state index contributed by atoms with van der Waals surface area (Å²) in [6.07, 6.45) is 9.83. The van der Waals surface area contributed by atoms with Crippen LogP contribution in [0.1, 0.15) is 96.1 Å². The monoisotopic (exact) mass is 734 g/mol. The number of hydrogen-bond acceptors (Lipinski definition) is 10. The van der Waals surface area contributed by atoms with E-state index in [1.807, 2.05) is 41.8 Å². The molecular weight excluding hydrogens is 689 g/mol. The van der Waals surface area contributed by atoms with Gasteiger partial charge >= 0.3 is 0 Å². The van der Waals surface area contributed by atoms with Crippen LogP contribution in [0.4, 0.5) is 0 Å². The molecule has 4 heterocycles. The molecule has 2 amide bonds. The first-order valence-electron chi connectivity index (χ1n) is 18.1. The summed E-state index contributed by atoms with van der Waals surface area (Å²) in [7, 11) is -2.18. The molecule has 11 nitrogen and oxygen atoms in total. The van der Waals surface area contributed by atoms with E-state index in [4.69, 9.17) is 19.4 Å². The number of hydrogen-bond donors (Lipinski definition) is 1. The Morgan fingerprint density at radius 3 is 2.65 bits per heavy atom. The van der Waals surface area contributed by atoms with Crippen molar-refractivity contribution in [2.45, 2.75) is 108 Å².